The smallest absolute Gasteiger partial charge is 0.251 e. The van der Waals surface area contributed by atoms with Gasteiger partial charge in [-0.15, -0.1) is 0 Å². The highest BCUT2D eigenvalue weighted by atomic mass is 35.5. The van der Waals surface area contributed by atoms with Crippen LogP contribution in [0.5, 0.6) is 0 Å². The van der Waals surface area contributed by atoms with Crippen molar-refractivity contribution in [2.75, 3.05) is 13.1 Å². The molecule has 7 heteroatoms. The van der Waals surface area contributed by atoms with Gasteiger partial charge in [-0.2, -0.15) is 0 Å². The number of amides is 1. The van der Waals surface area contributed by atoms with Crippen LogP contribution in [-0.4, -0.2) is 33.9 Å². The fourth-order valence-electron chi connectivity index (χ4n) is 4.78. The van der Waals surface area contributed by atoms with Crippen LogP contribution in [0.15, 0.2) is 48.8 Å². The van der Waals surface area contributed by atoms with Crippen LogP contribution in [0.3, 0.4) is 0 Å². The summed E-state index contributed by atoms with van der Waals surface area (Å²) in [6, 6.07) is 11.4. The Morgan fingerprint density at radius 1 is 1.10 bits per heavy atom. The van der Waals surface area contributed by atoms with Gasteiger partial charge in [-0.1, -0.05) is 29.8 Å². The molecule has 3 aromatic rings. The summed E-state index contributed by atoms with van der Waals surface area (Å²) in [5, 5.41) is 0.147. The summed E-state index contributed by atoms with van der Waals surface area (Å²) in [5.41, 5.74) is 9.60. The minimum atomic E-state index is -0.551. The molecule has 2 bridgehead atoms. The quantitative estimate of drug-likeness (QED) is 0.694. The number of hydrogen-bond donors (Lipinski definition) is 1. The summed E-state index contributed by atoms with van der Waals surface area (Å²) in [4.78, 5) is 22.3. The highest BCUT2D eigenvalue weighted by molar-refractivity contribution is 6.30. The summed E-state index contributed by atoms with van der Waals surface area (Å²) in [5.74, 6) is -0.387. The van der Waals surface area contributed by atoms with Crippen LogP contribution in [0.25, 0.3) is 11.4 Å². The van der Waals surface area contributed by atoms with Crippen LogP contribution in [0.4, 0.5) is 4.39 Å². The Bertz CT molecular complexity index is 1140. The van der Waals surface area contributed by atoms with Gasteiger partial charge < -0.3 is 5.73 Å². The van der Waals surface area contributed by atoms with E-state index in [1.54, 1.807) is 12.1 Å². The number of hydrogen-bond acceptors (Lipinski definition) is 4. The fraction of sp³-hybridized carbons (Fsp3) is 0.261. The first-order valence-electron chi connectivity index (χ1n) is 9.90. The van der Waals surface area contributed by atoms with Crippen molar-refractivity contribution in [2.24, 2.45) is 5.73 Å². The second kappa shape index (κ2) is 7.15. The van der Waals surface area contributed by atoms with Gasteiger partial charge in [0.1, 0.15) is 5.82 Å². The van der Waals surface area contributed by atoms with Gasteiger partial charge in [0.05, 0.1) is 10.6 Å². The molecule has 6 rings (SSSR count). The topological polar surface area (TPSA) is 72.1 Å². The Kier molecular flexibility index (Phi) is 4.56. The number of primary amides is 1. The van der Waals surface area contributed by atoms with Crippen molar-refractivity contribution in [1.82, 2.24) is 14.9 Å². The number of nitrogens with zero attached hydrogens (tertiary/aromatic N) is 3. The Labute approximate surface area is 178 Å². The van der Waals surface area contributed by atoms with Crippen molar-refractivity contribution in [3.8, 4) is 11.4 Å². The number of aromatic nitrogens is 2. The lowest BCUT2D eigenvalue weighted by molar-refractivity contribution is 0.0999. The van der Waals surface area contributed by atoms with Crippen molar-refractivity contribution in [2.45, 2.75) is 24.8 Å². The number of carbonyl (C=O) groups excluding carboxylic acids is 1. The van der Waals surface area contributed by atoms with E-state index in [4.69, 9.17) is 17.3 Å². The van der Waals surface area contributed by atoms with E-state index in [2.05, 4.69) is 27.0 Å². The van der Waals surface area contributed by atoms with Crippen LogP contribution in [0.2, 0.25) is 5.02 Å². The van der Waals surface area contributed by atoms with Gasteiger partial charge in [0.25, 0.3) is 5.91 Å². The van der Waals surface area contributed by atoms with Crippen molar-refractivity contribution in [3.63, 3.8) is 0 Å². The first kappa shape index (κ1) is 19.2. The molecule has 0 atom stereocenters. The molecule has 30 heavy (non-hydrogen) atoms. The fourth-order valence-corrected chi connectivity index (χ4v) is 4.89. The van der Waals surface area contributed by atoms with Crippen LogP contribution >= 0.6 is 11.6 Å². The minimum absolute atomic E-state index is 0.147. The average Bonchev–Trinajstić information content (AvgIpc) is 3.02. The van der Waals surface area contributed by atoms with Gasteiger partial charge in [-0.3, -0.25) is 9.69 Å². The number of carbonyl (C=O) groups is 1. The normalized spacial score (nSPS) is 22.4. The maximum Gasteiger partial charge on any atom is 0.251 e. The third kappa shape index (κ3) is 3.07. The predicted octanol–water partition coefficient (Wildman–Crippen LogP) is 3.93. The molecule has 2 aromatic carbocycles. The molecule has 1 saturated heterocycles. The highest BCUT2D eigenvalue weighted by Gasteiger charge is 2.42. The molecule has 1 amide bonds. The van der Waals surface area contributed by atoms with Gasteiger partial charge in [0, 0.05) is 29.9 Å². The van der Waals surface area contributed by atoms with Crippen LogP contribution in [0, 0.1) is 5.82 Å². The van der Waals surface area contributed by atoms with Gasteiger partial charge in [-0.25, -0.2) is 14.4 Å². The lowest BCUT2D eigenvalue weighted by atomic mass is 9.68. The maximum atomic E-state index is 14.3. The third-order valence-electron chi connectivity index (χ3n) is 6.39. The van der Waals surface area contributed by atoms with E-state index in [0.717, 1.165) is 43.6 Å². The largest absolute Gasteiger partial charge is 0.366 e. The second-order valence-electron chi connectivity index (χ2n) is 8.02. The summed E-state index contributed by atoms with van der Waals surface area (Å²) >= 11 is 5.94. The second-order valence-corrected chi connectivity index (χ2v) is 8.43. The molecule has 1 fully saturated rings. The van der Waals surface area contributed by atoms with Gasteiger partial charge in [-0.05, 0) is 60.8 Å². The van der Waals surface area contributed by atoms with E-state index in [0.29, 0.717) is 5.82 Å². The first-order valence-corrected chi connectivity index (χ1v) is 10.3. The Morgan fingerprint density at radius 2 is 1.83 bits per heavy atom. The number of nitrogens with two attached hydrogens (primary N) is 1. The zero-order valence-corrected chi connectivity index (χ0v) is 17.0. The number of benzene rings is 2. The molecular formula is C23H20ClFN4O. The average molecular weight is 423 g/mol. The van der Waals surface area contributed by atoms with E-state index in [1.165, 1.54) is 23.5 Å². The van der Waals surface area contributed by atoms with Gasteiger partial charge >= 0.3 is 0 Å². The zero-order valence-electron chi connectivity index (χ0n) is 16.2. The molecule has 1 aromatic heterocycles. The van der Waals surface area contributed by atoms with E-state index in [9.17, 15) is 9.18 Å². The summed E-state index contributed by atoms with van der Waals surface area (Å²) in [7, 11) is 0. The number of rotatable bonds is 3. The number of fused-ring (bicyclic) bond motifs is 2. The summed E-state index contributed by atoms with van der Waals surface area (Å²) < 4.78 is 14.3. The number of piperidine rings is 1. The molecule has 0 aliphatic carbocycles. The van der Waals surface area contributed by atoms with Crippen LogP contribution in [0.1, 0.15) is 39.9 Å². The first-order chi connectivity index (χ1) is 14.5. The summed E-state index contributed by atoms with van der Waals surface area (Å²) in [6.07, 6.45) is 4.76. The molecule has 152 valence electrons. The Morgan fingerprint density at radius 3 is 2.50 bits per heavy atom. The van der Waals surface area contributed by atoms with E-state index in [1.807, 2.05) is 12.1 Å². The van der Waals surface area contributed by atoms with Gasteiger partial charge in [0.15, 0.2) is 5.82 Å². The van der Waals surface area contributed by atoms with E-state index < -0.39 is 5.91 Å². The van der Waals surface area contributed by atoms with Crippen LogP contribution < -0.4 is 5.73 Å². The molecule has 0 saturated carbocycles. The Hall–Kier alpha value is -2.83. The molecule has 5 nitrogen and oxygen atoms in total. The highest BCUT2D eigenvalue weighted by Crippen LogP contribution is 2.47. The SMILES string of the molecule is NC(=O)c1cnc(-c2ccc3c(c2)CN2CCC3(c3ccc(Cl)c(F)c3)CC2)nc1. The lowest BCUT2D eigenvalue weighted by Crippen LogP contribution is -2.39. The zero-order chi connectivity index (χ0) is 20.9. The predicted molar refractivity (Wildman–Crippen MR) is 113 cm³/mol. The van der Waals surface area contributed by atoms with Crippen molar-refractivity contribution in [3.05, 3.63) is 81.9 Å². The number of halogens is 2. The van der Waals surface area contributed by atoms with Crippen molar-refractivity contribution >= 4 is 17.5 Å². The molecule has 0 radical (unpaired) electrons. The van der Waals surface area contributed by atoms with Gasteiger partial charge in [0.2, 0.25) is 0 Å². The Balaban J connectivity index is 1.61. The van der Waals surface area contributed by atoms with E-state index >= 15 is 0 Å². The molecule has 3 aliphatic rings. The van der Waals surface area contributed by atoms with Crippen molar-refractivity contribution in [1.29, 1.82) is 0 Å². The standard InChI is InChI=1S/C23H20ClFN4O/c24-19-4-2-17(10-20(19)25)23-5-7-29(8-6-23)13-15-9-14(1-3-18(15)23)22-27-11-16(12-28-22)21(26)30/h1-4,9-12H,5-8,13H2,(H2,26,30). The molecular weight excluding hydrogens is 403 g/mol. The summed E-state index contributed by atoms with van der Waals surface area (Å²) in [6.45, 7) is 2.75. The van der Waals surface area contributed by atoms with E-state index in [-0.39, 0.29) is 21.8 Å². The molecule has 0 spiro atoms. The lowest BCUT2D eigenvalue weighted by Gasteiger charge is -2.39. The minimum Gasteiger partial charge on any atom is -0.366 e. The van der Waals surface area contributed by atoms with Crippen molar-refractivity contribution < 1.29 is 9.18 Å². The molecule has 2 N–H and O–H groups in total. The van der Waals surface area contributed by atoms with Crippen LogP contribution in [-0.2, 0) is 12.0 Å². The molecule has 3 aliphatic heterocycles. The molecule has 0 unspecified atom stereocenters. The maximum absolute atomic E-state index is 14.3. The molecule has 4 heterocycles. The monoisotopic (exact) mass is 422 g/mol. The third-order valence-corrected chi connectivity index (χ3v) is 6.70.